The predicted molar refractivity (Wildman–Crippen MR) is 51.5 cm³/mol. The van der Waals surface area contributed by atoms with Crippen LogP contribution in [-0.2, 0) is 4.74 Å². The molecule has 1 rings (SSSR count). The van der Waals surface area contributed by atoms with Gasteiger partial charge in [-0.2, -0.15) is 0 Å². The first-order valence-electron chi connectivity index (χ1n) is 4.87. The van der Waals surface area contributed by atoms with Gasteiger partial charge in [0, 0.05) is 26.2 Å². The van der Waals surface area contributed by atoms with Crippen LogP contribution in [0, 0.1) is 0 Å². The van der Waals surface area contributed by atoms with Gasteiger partial charge in [-0.05, 0) is 13.8 Å². The van der Waals surface area contributed by atoms with E-state index in [9.17, 15) is 5.11 Å². The Labute approximate surface area is 79.7 Å². The summed E-state index contributed by atoms with van der Waals surface area (Å²) in [6, 6.07) is 0. The van der Waals surface area contributed by atoms with Crippen LogP contribution in [0.3, 0.4) is 0 Å². The zero-order valence-corrected chi connectivity index (χ0v) is 8.44. The average molecular weight is 188 g/mol. The van der Waals surface area contributed by atoms with Crippen molar-refractivity contribution in [2.24, 2.45) is 5.73 Å². The Hall–Kier alpha value is -0.160. The highest BCUT2D eigenvalue weighted by Gasteiger charge is 2.23. The van der Waals surface area contributed by atoms with Crippen molar-refractivity contribution >= 4 is 0 Å². The third-order valence-corrected chi connectivity index (χ3v) is 2.24. The van der Waals surface area contributed by atoms with Gasteiger partial charge in [0.15, 0.2) is 0 Å². The molecule has 0 saturated carbocycles. The summed E-state index contributed by atoms with van der Waals surface area (Å²) in [5.41, 5.74) is 5.35. The van der Waals surface area contributed by atoms with Crippen LogP contribution in [-0.4, -0.2) is 54.5 Å². The summed E-state index contributed by atoms with van der Waals surface area (Å²) < 4.78 is 5.58. The molecule has 0 aromatic heterocycles. The summed E-state index contributed by atoms with van der Waals surface area (Å²) in [6.07, 6.45) is 0.111. The Morgan fingerprint density at radius 2 is 2.00 bits per heavy atom. The highest BCUT2D eigenvalue weighted by atomic mass is 16.5. The lowest BCUT2D eigenvalue weighted by molar-refractivity contribution is -0.0758. The molecule has 0 radical (unpaired) electrons. The maximum atomic E-state index is 9.38. The molecule has 0 amide bonds. The number of hydrogen-bond donors (Lipinski definition) is 2. The van der Waals surface area contributed by atoms with E-state index in [4.69, 9.17) is 10.5 Å². The van der Waals surface area contributed by atoms with Crippen LogP contribution in [0.4, 0.5) is 0 Å². The van der Waals surface area contributed by atoms with Crippen molar-refractivity contribution in [3.05, 3.63) is 0 Å². The van der Waals surface area contributed by atoms with Crippen molar-refractivity contribution in [3.63, 3.8) is 0 Å². The van der Waals surface area contributed by atoms with Gasteiger partial charge in [0.2, 0.25) is 0 Å². The summed E-state index contributed by atoms with van der Waals surface area (Å²) in [5, 5.41) is 9.38. The topological polar surface area (TPSA) is 58.7 Å². The summed E-state index contributed by atoms with van der Waals surface area (Å²) >= 11 is 0. The van der Waals surface area contributed by atoms with Gasteiger partial charge < -0.3 is 15.6 Å². The molecule has 0 aromatic carbocycles. The fourth-order valence-electron chi connectivity index (χ4n) is 1.81. The van der Waals surface area contributed by atoms with Crippen LogP contribution in [0.2, 0.25) is 0 Å². The molecule has 0 aliphatic carbocycles. The molecule has 0 spiro atoms. The fourth-order valence-corrected chi connectivity index (χ4v) is 1.81. The molecule has 4 nitrogen and oxygen atoms in total. The Morgan fingerprint density at radius 1 is 1.46 bits per heavy atom. The SMILES string of the molecule is C[C@@H]1CN(CC(O)CN)C[C@H](C)O1. The second-order valence-corrected chi connectivity index (χ2v) is 3.87. The maximum absolute atomic E-state index is 9.38. The van der Waals surface area contributed by atoms with Crippen LogP contribution >= 0.6 is 0 Å². The Bertz CT molecular complexity index is 145. The van der Waals surface area contributed by atoms with Gasteiger partial charge in [-0.15, -0.1) is 0 Å². The zero-order chi connectivity index (χ0) is 9.84. The number of nitrogens with zero attached hydrogens (tertiary/aromatic N) is 1. The number of nitrogens with two attached hydrogens (primary N) is 1. The zero-order valence-electron chi connectivity index (χ0n) is 8.44. The number of aliphatic hydroxyl groups is 1. The predicted octanol–water partition coefficient (Wildman–Crippen LogP) is -0.585. The molecule has 78 valence electrons. The Kier molecular flexibility index (Phi) is 4.12. The summed E-state index contributed by atoms with van der Waals surface area (Å²) in [7, 11) is 0. The van der Waals surface area contributed by atoms with E-state index in [1.54, 1.807) is 0 Å². The third kappa shape index (κ3) is 3.60. The van der Waals surface area contributed by atoms with Gasteiger partial charge in [0.05, 0.1) is 18.3 Å². The molecule has 0 bridgehead atoms. The second kappa shape index (κ2) is 4.91. The normalized spacial score (nSPS) is 33.2. The minimum absolute atomic E-state index is 0.258. The first-order valence-corrected chi connectivity index (χ1v) is 4.87. The molecule has 3 N–H and O–H groups in total. The van der Waals surface area contributed by atoms with Crippen molar-refractivity contribution in [1.29, 1.82) is 0 Å². The Balaban J connectivity index is 2.32. The quantitative estimate of drug-likeness (QED) is 0.622. The van der Waals surface area contributed by atoms with E-state index in [0.717, 1.165) is 13.1 Å². The van der Waals surface area contributed by atoms with Gasteiger partial charge in [-0.3, -0.25) is 4.90 Å². The number of rotatable bonds is 3. The molecule has 1 fully saturated rings. The smallest absolute Gasteiger partial charge is 0.0789 e. The third-order valence-electron chi connectivity index (χ3n) is 2.24. The van der Waals surface area contributed by atoms with Gasteiger partial charge in [-0.25, -0.2) is 0 Å². The molecule has 1 unspecified atom stereocenters. The van der Waals surface area contributed by atoms with Crippen molar-refractivity contribution in [2.75, 3.05) is 26.2 Å². The average Bonchev–Trinajstić information content (AvgIpc) is 2.02. The molecule has 1 aliphatic heterocycles. The molecule has 1 aliphatic rings. The molecular weight excluding hydrogens is 168 g/mol. The highest BCUT2D eigenvalue weighted by molar-refractivity contribution is 4.75. The van der Waals surface area contributed by atoms with Gasteiger partial charge >= 0.3 is 0 Å². The van der Waals surface area contributed by atoms with Gasteiger partial charge in [-0.1, -0.05) is 0 Å². The van der Waals surface area contributed by atoms with E-state index in [1.165, 1.54) is 0 Å². The fraction of sp³-hybridized carbons (Fsp3) is 1.00. The van der Waals surface area contributed by atoms with Crippen molar-refractivity contribution in [2.45, 2.75) is 32.2 Å². The summed E-state index contributed by atoms with van der Waals surface area (Å²) in [6.45, 7) is 6.88. The van der Waals surface area contributed by atoms with Crippen LogP contribution in [0.1, 0.15) is 13.8 Å². The number of hydrogen-bond acceptors (Lipinski definition) is 4. The van der Waals surface area contributed by atoms with E-state index in [0.29, 0.717) is 13.1 Å². The van der Waals surface area contributed by atoms with Crippen LogP contribution in [0.25, 0.3) is 0 Å². The maximum Gasteiger partial charge on any atom is 0.0789 e. The molecule has 0 aromatic rings. The van der Waals surface area contributed by atoms with E-state index in [1.807, 2.05) is 0 Å². The first-order chi connectivity index (χ1) is 6.11. The molecule has 4 heteroatoms. The van der Waals surface area contributed by atoms with E-state index in [2.05, 4.69) is 18.7 Å². The lowest BCUT2D eigenvalue weighted by atomic mass is 10.2. The monoisotopic (exact) mass is 188 g/mol. The Morgan fingerprint density at radius 3 is 2.46 bits per heavy atom. The second-order valence-electron chi connectivity index (χ2n) is 3.87. The lowest BCUT2D eigenvalue weighted by Crippen LogP contribution is -2.49. The summed E-state index contributed by atoms with van der Waals surface area (Å²) in [4.78, 5) is 2.20. The van der Waals surface area contributed by atoms with Crippen LogP contribution < -0.4 is 5.73 Å². The van der Waals surface area contributed by atoms with Gasteiger partial charge in [0.25, 0.3) is 0 Å². The minimum Gasteiger partial charge on any atom is -0.390 e. The number of aliphatic hydroxyl groups excluding tert-OH is 1. The van der Waals surface area contributed by atoms with E-state index in [-0.39, 0.29) is 12.2 Å². The van der Waals surface area contributed by atoms with E-state index >= 15 is 0 Å². The van der Waals surface area contributed by atoms with Gasteiger partial charge in [0.1, 0.15) is 0 Å². The molecule has 13 heavy (non-hydrogen) atoms. The highest BCUT2D eigenvalue weighted by Crippen LogP contribution is 2.10. The number of morpholine rings is 1. The number of ether oxygens (including phenoxy) is 1. The molecular formula is C9H20N2O2. The van der Waals surface area contributed by atoms with E-state index < -0.39 is 6.10 Å². The largest absolute Gasteiger partial charge is 0.390 e. The lowest BCUT2D eigenvalue weighted by Gasteiger charge is -2.36. The van der Waals surface area contributed by atoms with Crippen LogP contribution in [0.5, 0.6) is 0 Å². The van der Waals surface area contributed by atoms with Crippen molar-refractivity contribution < 1.29 is 9.84 Å². The van der Waals surface area contributed by atoms with Crippen molar-refractivity contribution in [1.82, 2.24) is 4.90 Å². The molecule has 3 atom stereocenters. The van der Waals surface area contributed by atoms with Crippen molar-refractivity contribution in [3.8, 4) is 0 Å². The standard InChI is InChI=1S/C9H20N2O2/c1-7-4-11(5-8(2)13-7)6-9(12)3-10/h7-9,12H,3-6,10H2,1-2H3/t7-,8+,9?. The van der Waals surface area contributed by atoms with Crippen LogP contribution in [0.15, 0.2) is 0 Å². The number of β-amino-alcohol motifs (C(OH)–C–C–N with tert-alkyl or cyclic N) is 1. The minimum atomic E-state index is -0.405. The first kappa shape index (κ1) is 10.9. The molecule has 1 heterocycles. The summed E-state index contributed by atoms with van der Waals surface area (Å²) in [5.74, 6) is 0. The molecule has 1 saturated heterocycles.